The molecule has 5 N–H and O–H groups in total. The van der Waals surface area contributed by atoms with Crippen LogP contribution in [0.4, 0.5) is 5.95 Å². The maximum absolute atomic E-state index is 13.3. The number of nitrogens with one attached hydrogen (secondary N) is 4. The molecule has 210 valence electrons. The molecule has 0 aliphatic heterocycles. The summed E-state index contributed by atoms with van der Waals surface area (Å²) < 4.78 is 5.59. The molecule has 0 fully saturated rings. The number of aryl methyl sites for hydroxylation is 1. The molecule has 3 aromatic rings. The first-order chi connectivity index (χ1) is 18.7. The highest BCUT2D eigenvalue weighted by Crippen LogP contribution is 2.24. The number of aromatic amines is 1. The molecule has 11 heteroatoms. The van der Waals surface area contributed by atoms with E-state index in [1.807, 2.05) is 33.8 Å². The third kappa shape index (κ3) is 8.01. The van der Waals surface area contributed by atoms with Crippen LogP contribution in [0.1, 0.15) is 54.8 Å². The van der Waals surface area contributed by atoms with E-state index in [2.05, 4.69) is 30.9 Å². The number of carbonyl (C=O) groups excluding carboxylic acids is 2. The van der Waals surface area contributed by atoms with Crippen molar-refractivity contribution in [2.45, 2.75) is 52.2 Å². The average molecular weight is 557 g/mol. The van der Waals surface area contributed by atoms with Gasteiger partial charge in [-0.05, 0) is 55.6 Å². The minimum Gasteiger partial charge on any atom is -0.462 e. The van der Waals surface area contributed by atoms with Crippen molar-refractivity contribution in [1.82, 2.24) is 25.6 Å². The zero-order valence-corrected chi connectivity index (χ0v) is 23.7. The van der Waals surface area contributed by atoms with Gasteiger partial charge in [-0.2, -0.15) is 0 Å². The van der Waals surface area contributed by atoms with E-state index in [9.17, 15) is 14.7 Å². The number of rotatable bonds is 13. The zero-order chi connectivity index (χ0) is 28.5. The van der Waals surface area contributed by atoms with Crippen LogP contribution in [0.25, 0.3) is 11.3 Å². The number of hydrogen-bond acceptors (Lipinski definition) is 8. The summed E-state index contributed by atoms with van der Waals surface area (Å²) >= 11 is 6.20. The van der Waals surface area contributed by atoms with E-state index in [0.717, 1.165) is 5.56 Å². The first kappa shape index (κ1) is 30.1. The van der Waals surface area contributed by atoms with Gasteiger partial charge in [-0.1, -0.05) is 44.5 Å². The van der Waals surface area contributed by atoms with Gasteiger partial charge >= 0.3 is 5.97 Å². The molecule has 0 bridgehead atoms. The summed E-state index contributed by atoms with van der Waals surface area (Å²) in [5.41, 5.74) is 3.21. The Hall–Kier alpha value is -3.47. The number of ether oxygens (including phenoxy) is 1. The largest absolute Gasteiger partial charge is 0.462 e. The molecule has 1 aromatic carbocycles. The molecule has 0 aliphatic rings. The summed E-state index contributed by atoms with van der Waals surface area (Å²) in [6, 6.07) is 7.51. The smallest absolute Gasteiger partial charge is 0.323 e. The molecule has 0 saturated carbocycles. The molecular formula is C28H37ClN6O4. The molecule has 3 atom stereocenters. The zero-order valence-electron chi connectivity index (χ0n) is 22.9. The van der Waals surface area contributed by atoms with Gasteiger partial charge in [0.1, 0.15) is 18.3 Å². The van der Waals surface area contributed by atoms with Crippen molar-refractivity contribution < 1.29 is 19.4 Å². The van der Waals surface area contributed by atoms with Crippen LogP contribution in [0.2, 0.25) is 5.02 Å². The Morgan fingerprint density at radius 2 is 2.00 bits per heavy atom. The van der Waals surface area contributed by atoms with E-state index in [4.69, 9.17) is 16.3 Å². The Morgan fingerprint density at radius 3 is 2.64 bits per heavy atom. The Morgan fingerprint density at radius 1 is 1.23 bits per heavy atom. The molecule has 2 aromatic heterocycles. The van der Waals surface area contributed by atoms with Gasteiger partial charge in [-0.3, -0.25) is 9.59 Å². The van der Waals surface area contributed by atoms with Crippen molar-refractivity contribution >= 4 is 29.4 Å². The number of anilines is 1. The lowest BCUT2D eigenvalue weighted by atomic mass is 10.0. The van der Waals surface area contributed by atoms with Crippen molar-refractivity contribution in [3.8, 4) is 11.3 Å². The molecule has 39 heavy (non-hydrogen) atoms. The first-order valence-corrected chi connectivity index (χ1v) is 13.3. The van der Waals surface area contributed by atoms with Crippen molar-refractivity contribution in [3.05, 3.63) is 64.6 Å². The topological polar surface area (TPSA) is 141 Å². The van der Waals surface area contributed by atoms with Crippen molar-refractivity contribution in [2.75, 3.05) is 25.6 Å². The molecule has 0 aliphatic carbocycles. The fourth-order valence-corrected chi connectivity index (χ4v) is 4.28. The van der Waals surface area contributed by atoms with Gasteiger partial charge in [0.15, 0.2) is 0 Å². The number of halogens is 1. The van der Waals surface area contributed by atoms with Crippen molar-refractivity contribution in [3.63, 3.8) is 0 Å². The highest BCUT2D eigenvalue weighted by atomic mass is 35.5. The number of esters is 1. The van der Waals surface area contributed by atoms with E-state index in [-0.39, 0.29) is 31.1 Å². The molecular weight excluding hydrogens is 520 g/mol. The van der Waals surface area contributed by atoms with E-state index in [1.54, 1.807) is 43.7 Å². The van der Waals surface area contributed by atoms with E-state index in [0.29, 0.717) is 39.9 Å². The minimum absolute atomic E-state index is 0.0340. The molecule has 10 nitrogen and oxygen atoms in total. The number of aliphatic hydroxyl groups excluding tert-OH is 1. The number of benzene rings is 1. The fraction of sp³-hybridized carbons (Fsp3) is 0.429. The van der Waals surface area contributed by atoms with Crippen LogP contribution in [-0.4, -0.2) is 64.3 Å². The Labute approximate surface area is 233 Å². The van der Waals surface area contributed by atoms with Gasteiger partial charge in [-0.15, -0.1) is 0 Å². The number of aliphatic hydroxyl groups is 1. The second-order valence-corrected chi connectivity index (χ2v) is 10.1. The number of carbonyl (C=O) groups is 2. The van der Waals surface area contributed by atoms with Crippen LogP contribution in [0.3, 0.4) is 0 Å². The molecule has 3 rings (SSSR count). The lowest BCUT2D eigenvalue weighted by molar-refractivity contribution is -0.148. The van der Waals surface area contributed by atoms with Crippen LogP contribution in [0, 0.1) is 12.8 Å². The van der Waals surface area contributed by atoms with Crippen molar-refractivity contribution in [1.29, 1.82) is 0 Å². The van der Waals surface area contributed by atoms with Crippen LogP contribution in [-0.2, 0) is 9.53 Å². The highest BCUT2D eigenvalue weighted by molar-refractivity contribution is 6.30. The third-order valence-electron chi connectivity index (χ3n) is 6.40. The van der Waals surface area contributed by atoms with Gasteiger partial charge in [0, 0.05) is 23.0 Å². The molecule has 0 unspecified atom stereocenters. The number of amides is 1. The van der Waals surface area contributed by atoms with Crippen LogP contribution < -0.4 is 16.0 Å². The van der Waals surface area contributed by atoms with E-state index >= 15 is 0 Å². The summed E-state index contributed by atoms with van der Waals surface area (Å²) in [5, 5.41) is 19.0. The molecule has 0 radical (unpaired) electrons. The Balaban J connectivity index is 1.80. The number of likely N-dealkylation sites (N-methyl/N-ethyl adjacent to an activating group) is 1. The number of hydrogen-bond donors (Lipinski definition) is 5. The maximum atomic E-state index is 13.3. The molecule has 0 saturated heterocycles. The highest BCUT2D eigenvalue weighted by Gasteiger charge is 2.25. The van der Waals surface area contributed by atoms with Gasteiger partial charge in [0.05, 0.1) is 24.4 Å². The second kappa shape index (κ2) is 14.1. The predicted octanol–water partition coefficient (Wildman–Crippen LogP) is 3.87. The lowest BCUT2D eigenvalue weighted by Gasteiger charge is -2.23. The first-order valence-electron chi connectivity index (χ1n) is 13.0. The summed E-state index contributed by atoms with van der Waals surface area (Å²) in [5.74, 6) is -0.344. The number of aromatic nitrogens is 3. The number of H-pyrrole nitrogens is 1. The normalized spacial score (nSPS) is 13.5. The van der Waals surface area contributed by atoms with Crippen LogP contribution >= 0.6 is 11.6 Å². The quantitative estimate of drug-likeness (QED) is 0.200. The number of nitrogens with zero attached hydrogens (tertiary/aromatic N) is 2. The predicted molar refractivity (Wildman–Crippen MR) is 152 cm³/mol. The third-order valence-corrected chi connectivity index (χ3v) is 6.63. The SMILES string of the molecule is CC[C@H](CO)Nc1ncc(C)c(-c2c[nH]c(C(=O)N[C@H](COC(=O)[C@@H](NC)C(C)C)c3cccc(Cl)c3)c2)n1. The molecule has 0 spiro atoms. The summed E-state index contributed by atoms with van der Waals surface area (Å²) in [7, 11) is 1.71. The summed E-state index contributed by atoms with van der Waals surface area (Å²) in [6.45, 7) is 7.60. The van der Waals surface area contributed by atoms with E-state index < -0.39 is 18.1 Å². The Bertz CT molecular complexity index is 1260. The van der Waals surface area contributed by atoms with Crippen LogP contribution in [0.5, 0.6) is 0 Å². The fourth-order valence-electron chi connectivity index (χ4n) is 4.08. The van der Waals surface area contributed by atoms with Crippen molar-refractivity contribution in [2.24, 2.45) is 5.92 Å². The standard InChI is InChI=1S/C28H37ClN6O4/c1-6-21(14-36)33-28-32-12-17(4)25(35-28)19-11-22(31-13-19)26(37)34-23(18-8-7-9-20(29)10-18)15-39-27(38)24(30-5)16(2)3/h7-13,16,21,23-24,30-31,36H,6,14-15H2,1-5H3,(H,34,37)(H,32,33,35)/t21-,23-,24+/m1/s1. The lowest BCUT2D eigenvalue weighted by Crippen LogP contribution is -2.41. The second-order valence-electron chi connectivity index (χ2n) is 9.68. The van der Waals surface area contributed by atoms with Gasteiger partial charge in [-0.25, -0.2) is 9.97 Å². The summed E-state index contributed by atoms with van der Waals surface area (Å²) in [6.07, 6.45) is 4.11. The van der Waals surface area contributed by atoms with Gasteiger partial charge in [0.2, 0.25) is 5.95 Å². The molecule has 1 amide bonds. The van der Waals surface area contributed by atoms with Crippen LogP contribution in [0.15, 0.2) is 42.7 Å². The summed E-state index contributed by atoms with van der Waals surface area (Å²) in [4.78, 5) is 37.8. The average Bonchev–Trinajstić information content (AvgIpc) is 3.41. The minimum atomic E-state index is -0.627. The Kier molecular flexibility index (Phi) is 10.8. The van der Waals surface area contributed by atoms with Gasteiger partial charge in [0.25, 0.3) is 5.91 Å². The monoisotopic (exact) mass is 556 g/mol. The van der Waals surface area contributed by atoms with E-state index in [1.165, 1.54) is 0 Å². The van der Waals surface area contributed by atoms with Gasteiger partial charge < -0.3 is 30.8 Å². The maximum Gasteiger partial charge on any atom is 0.323 e. The molecule has 2 heterocycles.